The van der Waals surface area contributed by atoms with E-state index >= 15 is 0 Å². The van der Waals surface area contributed by atoms with E-state index in [1.807, 2.05) is 18.2 Å². The maximum Gasteiger partial charge on any atom is 0.224 e. The van der Waals surface area contributed by atoms with Crippen molar-refractivity contribution in [2.75, 3.05) is 31.6 Å². The van der Waals surface area contributed by atoms with Crippen molar-refractivity contribution in [2.45, 2.75) is 32.6 Å². The predicted octanol–water partition coefficient (Wildman–Crippen LogP) is 3.44. The number of aromatic nitrogens is 1. The first-order valence-corrected chi connectivity index (χ1v) is 9.50. The van der Waals surface area contributed by atoms with Crippen LogP contribution in [0.15, 0.2) is 18.2 Å². The Morgan fingerprint density at radius 2 is 2.38 bits per heavy atom. The zero-order valence-corrected chi connectivity index (χ0v) is 15.2. The molecule has 0 spiro atoms. The Kier molecular flexibility index (Phi) is 5.56. The number of methoxy groups -OCH3 is 1. The van der Waals surface area contributed by atoms with E-state index in [0.717, 1.165) is 66.4 Å². The van der Waals surface area contributed by atoms with Crippen molar-refractivity contribution in [1.29, 1.82) is 0 Å². The molecule has 6 heteroatoms. The summed E-state index contributed by atoms with van der Waals surface area (Å²) in [6, 6.07) is 5.95. The van der Waals surface area contributed by atoms with Gasteiger partial charge in [0.1, 0.15) is 5.75 Å². The minimum atomic E-state index is 0.0668. The van der Waals surface area contributed by atoms with E-state index in [9.17, 15) is 4.79 Å². The number of thiazole rings is 1. The second kappa shape index (κ2) is 7.83. The number of carbonyl (C=O) groups is 1. The Balaban J connectivity index is 1.69. The monoisotopic (exact) mass is 347 g/mol. The SMILES string of the molecule is CCCCNC(=O)C1CCCN(c2nc3ccc(OC)cc3s2)C1. The van der Waals surface area contributed by atoms with Crippen molar-refractivity contribution in [1.82, 2.24) is 10.3 Å². The molecule has 0 radical (unpaired) electrons. The molecule has 1 atom stereocenters. The molecule has 2 aromatic rings. The highest BCUT2D eigenvalue weighted by atomic mass is 32.1. The highest BCUT2D eigenvalue weighted by Crippen LogP contribution is 2.33. The van der Waals surface area contributed by atoms with Crippen molar-refractivity contribution in [3.8, 4) is 5.75 Å². The summed E-state index contributed by atoms with van der Waals surface area (Å²) >= 11 is 1.67. The zero-order valence-electron chi connectivity index (χ0n) is 14.4. The van der Waals surface area contributed by atoms with Crippen molar-refractivity contribution < 1.29 is 9.53 Å². The first kappa shape index (κ1) is 17.0. The Hall–Kier alpha value is -1.82. The lowest BCUT2D eigenvalue weighted by Gasteiger charge is -2.31. The third kappa shape index (κ3) is 3.80. The highest BCUT2D eigenvalue weighted by molar-refractivity contribution is 7.22. The standard InChI is InChI=1S/C18H25N3O2S/c1-3-4-9-19-17(22)13-6-5-10-21(12-13)18-20-15-8-7-14(23-2)11-16(15)24-18/h7-8,11,13H,3-6,9-10,12H2,1-2H3,(H,19,22). The number of rotatable bonds is 6. The molecule has 1 unspecified atom stereocenters. The van der Waals surface area contributed by atoms with Gasteiger partial charge in [-0.2, -0.15) is 0 Å². The van der Waals surface area contributed by atoms with Crippen LogP contribution in [0.2, 0.25) is 0 Å². The minimum Gasteiger partial charge on any atom is -0.497 e. The quantitative estimate of drug-likeness (QED) is 0.813. The summed E-state index contributed by atoms with van der Waals surface area (Å²) in [7, 11) is 1.68. The number of amides is 1. The second-order valence-electron chi connectivity index (χ2n) is 6.26. The third-order valence-electron chi connectivity index (χ3n) is 4.48. The molecule has 5 nitrogen and oxygen atoms in total. The average molecular weight is 347 g/mol. The van der Waals surface area contributed by atoms with Crippen LogP contribution in [0.1, 0.15) is 32.6 Å². The molecule has 1 amide bonds. The van der Waals surface area contributed by atoms with Crippen LogP contribution in [0, 0.1) is 5.92 Å². The molecule has 130 valence electrons. The van der Waals surface area contributed by atoms with Gasteiger partial charge in [0.05, 0.1) is 23.2 Å². The fourth-order valence-electron chi connectivity index (χ4n) is 3.05. The number of anilines is 1. The summed E-state index contributed by atoms with van der Waals surface area (Å²) in [5.74, 6) is 1.11. The lowest BCUT2D eigenvalue weighted by Crippen LogP contribution is -2.43. The second-order valence-corrected chi connectivity index (χ2v) is 7.27. The van der Waals surface area contributed by atoms with Gasteiger partial charge in [-0.1, -0.05) is 24.7 Å². The van der Waals surface area contributed by atoms with E-state index in [2.05, 4.69) is 17.1 Å². The molecule has 1 aliphatic rings. The molecule has 1 saturated heterocycles. The van der Waals surface area contributed by atoms with Crippen LogP contribution in [0.25, 0.3) is 10.2 Å². The summed E-state index contributed by atoms with van der Waals surface area (Å²) in [5, 5.41) is 4.07. The topological polar surface area (TPSA) is 54.5 Å². The smallest absolute Gasteiger partial charge is 0.224 e. The number of hydrogen-bond donors (Lipinski definition) is 1. The van der Waals surface area contributed by atoms with Gasteiger partial charge in [0.25, 0.3) is 0 Å². The average Bonchev–Trinajstić information content (AvgIpc) is 3.05. The van der Waals surface area contributed by atoms with E-state index in [-0.39, 0.29) is 11.8 Å². The summed E-state index contributed by atoms with van der Waals surface area (Å²) in [4.78, 5) is 19.3. The Morgan fingerprint density at radius 1 is 1.50 bits per heavy atom. The molecule has 2 heterocycles. The summed E-state index contributed by atoms with van der Waals surface area (Å²) in [6.45, 7) is 4.65. The van der Waals surface area contributed by atoms with Crippen molar-refractivity contribution >= 4 is 32.6 Å². The third-order valence-corrected chi connectivity index (χ3v) is 5.56. The fraction of sp³-hybridized carbons (Fsp3) is 0.556. The molecule has 1 N–H and O–H groups in total. The lowest BCUT2D eigenvalue weighted by atomic mass is 9.97. The number of unbranched alkanes of at least 4 members (excludes halogenated alkanes) is 1. The molecule has 0 aliphatic carbocycles. The number of nitrogens with one attached hydrogen (secondary N) is 1. The summed E-state index contributed by atoms with van der Waals surface area (Å²) < 4.78 is 6.41. The van der Waals surface area contributed by atoms with Crippen molar-refractivity contribution in [3.05, 3.63) is 18.2 Å². The lowest BCUT2D eigenvalue weighted by molar-refractivity contribution is -0.125. The molecule has 1 fully saturated rings. The van der Waals surface area contributed by atoms with Crippen LogP contribution < -0.4 is 15.0 Å². The zero-order chi connectivity index (χ0) is 16.9. The molecule has 0 bridgehead atoms. The molecule has 0 saturated carbocycles. The largest absolute Gasteiger partial charge is 0.497 e. The number of nitrogens with zero attached hydrogens (tertiary/aromatic N) is 2. The molecule has 24 heavy (non-hydrogen) atoms. The van der Waals surface area contributed by atoms with Crippen molar-refractivity contribution in [3.63, 3.8) is 0 Å². The van der Waals surface area contributed by atoms with Crippen LogP contribution >= 0.6 is 11.3 Å². The Morgan fingerprint density at radius 3 is 3.17 bits per heavy atom. The number of carbonyl (C=O) groups excluding carboxylic acids is 1. The normalized spacial score (nSPS) is 17.9. The van der Waals surface area contributed by atoms with Crippen molar-refractivity contribution in [2.24, 2.45) is 5.92 Å². The molecular formula is C18H25N3O2S. The van der Waals surface area contributed by atoms with E-state index in [1.54, 1.807) is 18.4 Å². The first-order chi connectivity index (χ1) is 11.7. The van der Waals surface area contributed by atoms with Gasteiger partial charge in [-0.3, -0.25) is 4.79 Å². The highest BCUT2D eigenvalue weighted by Gasteiger charge is 2.27. The molecule has 1 aromatic heterocycles. The van der Waals surface area contributed by atoms with Crippen LogP contribution in [-0.4, -0.2) is 37.6 Å². The molecular weight excluding hydrogens is 322 g/mol. The maximum atomic E-state index is 12.3. The number of ether oxygens (including phenoxy) is 1. The van der Waals surface area contributed by atoms with E-state index in [4.69, 9.17) is 9.72 Å². The van der Waals surface area contributed by atoms with E-state index < -0.39 is 0 Å². The Bertz CT molecular complexity index is 701. The van der Waals surface area contributed by atoms with Crippen LogP contribution in [0.5, 0.6) is 5.75 Å². The van der Waals surface area contributed by atoms with Crippen LogP contribution in [-0.2, 0) is 4.79 Å². The number of fused-ring (bicyclic) bond motifs is 1. The molecule has 1 aliphatic heterocycles. The minimum absolute atomic E-state index is 0.0668. The molecule has 3 rings (SSSR count). The first-order valence-electron chi connectivity index (χ1n) is 8.68. The van der Waals surface area contributed by atoms with Gasteiger partial charge in [-0.25, -0.2) is 4.98 Å². The maximum absolute atomic E-state index is 12.3. The van der Waals surface area contributed by atoms with E-state index in [0.29, 0.717) is 0 Å². The summed E-state index contributed by atoms with van der Waals surface area (Å²) in [6.07, 6.45) is 4.15. The number of hydrogen-bond acceptors (Lipinski definition) is 5. The summed E-state index contributed by atoms with van der Waals surface area (Å²) in [5.41, 5.74) is 0.991. The van der Waals surface area contributed by atoms with Gasteiger partial charge in [-0.05, 0) is 37.5 Å². The van der Waals surface area contributed by atoms with Crippen LogP contribution in [0.4, 0.5) is 5.13 Å². The van der Waals surface area contributed by atoms with Crippen LogP contribution in [0.3, 0.4) is 0 Å². The van der Waals surface area contributed by atoms with E-state index in [1.165, 1.54) is 0 Å². The van der Waals surface area contributed by atoms with Gasteiger partial charge >= 0.3 is 0 Å². The number of piperidine rings is 1. The van der Waals surface area contributed by atoms with Gasteiger partial charge in [0.2, 0.25) is 5.91 Å². The van der Waals surface area contributed by atoms with Gasteiger partial charge in [0.15, 0.2) is 5.13 Å². The van der Waals surface area contributed by atoms with Gasteiger partial charge < -0.3 is 15.0 Å². The Labute approximate surface area is 147 Å². The fourth-order valence-corrected chi connectivity index (χ4v) is 4.08. The van der Waals surface area contributed by atoms with Gasteiger partial charge in [-0.15, -0.1) is 0 Å². The number of benzene rings is 1. The van der Waals surface area contributed by atoms with Gasteiger partial charge in [0, 0.05) is 19.6 Å². The molecule has 1 aromatic carbocycles. The predicted molar refractivity (Wildman–Crippen MR) is 99.0 cm³/mol.